The molecule has 1 saturated carbocycles. The van der Waals surface area contributed by atoms with Crippen molar-refractivity contribution in [2.24, 2.45) is 11.8 Å². The highest BCUT2D eigenvalue weighted by Crippen LogP contribution is 2.33. The summed E-state index contributed by atoms with van der Waals surface area (Å²) in [6.45, 7) is 2.63. The van der Waals surface area contributed by atoms with Crippen molar-refractivity contribution < 1.29 is 34.0 Å². The first kappa shape index (κ1) is 30.2. The number of benzene rings is 1. The van der Waals surface area contributed by atoms with Crippen molar-refractivity contribution in [2.45, 2.75) is 70.2 Å². The van der Waals surface area contributed by atoms with E-state index < -0.39 is 36.6 Å². The number of hydrogen-bond donors (Lipinski definition) is 4. The number of carbonyl (C=O) groups excluding carboxylic acids is 2. The third-order valence-electron chi connectivity index (χ3n) is 7.76. The van der Waals surface area contributed by atoms with Gasteiger partial charge in [0, 0.05) is 13.0 Å². The molecule has 0 spiro atoms. The SMILES string of the molecule is CCNC(=O)[C@H]1O[C@@H](n2cnc3c(N)nc(C#CCC4CCC(COC(=O)OCc5ccccc5)CC4)nc32)C(O)[C@H]1O. The largest absolute Gasteiger partial charge is 0.508 e. The quantitative estimate of drug-likeness (QED) is 0.222. The van der Waals surface area contributed by atoms with Gasteiger partial charge in [-0.25, -0.2) is 19.7 Å². The number of nitrogen functional groups attached to an aromatic ring is 1. The molecule has 1 aliphatic heterocycles. The number of hydrogen-bond acceptors (Lipinski definition) is 11. The predicted octanol–water partition coefficient (Wildman–Crippen LogP) is 2.07. The molecule has 43 heavy (non-hydrogen) atoms. The number of rotatable bonds is 8. The Bertz CT molecular complexity index is 1480. The van der Waals surface area contributed by atoms with Gasteiger partial charge >= 0.3 is 6.16 Å². The van der Waals surface area contributed by atoms with E-state index in [9.17, 15) is 19.8 Å². The zero-order chi connectivity index (χ0) is 30.3. The standard InChI is InChI=1S/C30H36N6O7/c1-2-32-28(39)25-23(37)24(38)29(43-25)36-17-33-22-26(31)34-21(35-27(22)36)10-6-9-18-11-13-20(14-12-18)16-42-30(40)41-15-19-7-4-3-5-8-19/h3-5,7-8,17-18,20,23-25,29,37-38H,2,9,11-16H2,1H3,(H,32,39)(H2,31,34,35)/t18?,20?,23-,24?,25+,29-/m1/s1. The maximum Gasteiger partial charge on any atom is 0.508 e. The van der Waals surface area contributed by atoms with Crippen LogP contribution in [0.2, 0.25) is 0 Å². The number of aliphatic hydroxyl groups is 2. The highest BCUT2D eigenvalue weighted by Gasteiger charge is 2.47. The average molecular weight is 593 g/mol. The van der Waals surface area contributed by atoms with Crippen molar-refractivity contribution in [3.8, 4) is 11.8 Å². The number of likely N-dealkylation sites (N-methyl/N-ethyl adjacent to an activating group) is 1. The number of ether oxygens (including phenoxy) is 3. The fourth-order valence-corrected chi connectivity index (χ4v) is 5.38. The van der Waals surface area contributed by atoms with Gasteiger partial charge in [0.05, 0.1) is 12.9 Å². The van der Waals surface area contributed by atoms with Crippen LogP contribution in [0.5, 0.6) is 0 Å². The Morgan fingerprint density at radius 2 is 1.84 bits per heavy atom. The van der Waals surface area contributed by atoms with E-state index in [0.29, 0.717) is 36.9 Å². The minimum absolute atomic E-state index is 0.115. The Hall–Kier alpha value is -4.25. The maximum atomic E-state index is 12.3. The number of fused-ring (bicyclic) bond motifs is 1. The molecule has 1 unspecified atom stereocenters. The number of aromatic nitrogens is 4. The molecular weight excluding hydrogens is 556 g/mol. The number of aliphatic hydroxyl groups excluding tert-OH is 2. The van der Waals surface area contributed by atoms with Crippen LogP contribution < -0.4 is 11.1 Å². The summed E-state index contributed by atoms with van der Waals surface area (Å²) in [5, 5.41) is 23.6. The monoisotopic (exact) mass is 592 g/mol. The second kappa shape index (κ2) is 13.8. The molecule has 228 valence electrons. The van der Waals surface area contributed by atoms with Crippen molar-refractivity contribution in [1.29, 1.82) is 0 Å². The van der Waals surface area contributed by atoms with E-state index in [-0.39, 0.29) is 23.9 Å². The second-order valence-electron chi connectivity index (χ2n) is 10.8. The molecule has 0 bridgehead atoms. The van der Waals surface area contributed by atoms with Crippen LogP contribution in [0.4, 0.5) is 10.6 Å². The Morgan fingerprint density at radius 1 is 1.09 bits per heavy atom. The first-order chi connectivity index (χ1) is 20.8. The Morgan fingerprint density at radius 3 is 2.58 bits per heavy atom. The summed E-state index contributed by atoms with van der Waals surface area (Å²) in [5.74, 6) is 6.60. The lowest BCUT2D eigenvalue weighted by molar-refractivity contribution is -0.137. The van der Waals surface area contributed by atoms with Gasteiger partial charge in [0.15, 0.2) is 23.8 Å². The molecule has 1 aliphatic carbocycles. The molecule has 2 aromatic heterocycles. The fraction of sp³-hybridized carbons (Fsp3) is 0.500. The summed E-state index contributed by atoms with van der Waals surface area (Å²) < 4.78 is 17.6. The van der Waals surface area contributed by atoms with Gasteiger partial charge in [-0.3, -0.25) is 9.36 Å². The minimum atomic E-state index is -1.43. The molecule has 13 nitrogen and oxygen atoms in total. The summed E-state index contributed by atoms with van der Waals surface area (Å²) in [6.07, 6.45) is -0.0135. The molecule has 5 rings (SSSR count). The van der Waals surface area contributed by atoms with E-state index in [0.717, 1.165) is 31.2 Å². The van der Waals surface area contributed by atoms with Gasteiger partial charge in [-0.1, -0.05) is 36.3 Å². The van der Waals surface area contributed by atoms with Gasteiger partial charge in [-0.2, -0.15) is 0 Å². The zero-order valence-corrected chi connectivity index (χ0v) is 23.9. The highest BCUT2D eigenvalue weighted by molar-refractivity contribution is 5.83. The number of amides is 1. The smallest absolute Gasteiger partial charge is 0.434 e. The van der Waals surface area contributed by atoms with E-state index in [1.165, 1.54) is 10.9 Å². The first-order valence-electron chi connectivity index (χ1n) is 14.5. The zero-order valence-electron chi connectivity index (χ0n) is 23.9. The lowest BCUT2D eigenvalue weighted by Gasteiger charge is -2.26. The van der Waals surface area contributed by atoms with Gasteiger partial charge in [0.2, 0.25) is 5.82 Å². The molecular formula is C30H36N6O7. The van der Waals surface area contributed by atoms with E-state index in [4.69, 9.17) is 19.9 Å². The van der Waals surface area contributed by atoms with Gasteiger partial charge in [-0.15, -0.1) is 0 Å². The van der Waals surface area contributed by atoms with Gasteiger partial charge in [0.25, 0.3) is 5.91 Å². The number of nitrogens with zero attached hydrogens (tertiary/aromatic N) is 4. The van der Waals surface area contributed by atoms with E-state index >= 15 is 0 Å². The molecule has 1 amide bonds. The van der Waals surface area contributed by atoms with Crippen LogP contribution in [0, 0.1) is 23.7 Å². The van der Waals surface area contributed by atoms with Crippen molar-refractivity contribution in [1.82, 2.24) is 24.8 Å². The number of nitrogens with one attached hydrogen (secondary N) is 1. The van der Waals surface area contributed by atoms with E-state index in [1.54, 1.807) is 6.92 Å². The summed E-state index contributed by atoms with van der Waals surface area (Å²) in [5.41, 5.74) is 7.59. The average Bonchev–Trinajstić information content (AvgIpc) is 3.57. The number of carbonyl (C=O) groups is 2. The Labute approximate surface area is 248 Å². The van der Waals surface area contributed by atoms with Crippen molar-refractivity contribution in [3.05, 3.63) is 48.0 Å². The normalized spacial score (nSPS) is 25.1. The molecule has 3 aromatic rings. The van der Waals surface area contributed by atoms with Crippen molar-refractivity contribution in [3.63, 3.8) is 0 Å². The third-order valence-corrected chi connectivity index (χ3v) is 7.76. The summed E-state index contributed by atoms with van der Waals surface area (Å²) in [7, 11) is 0. The molecule has 1 saturated heterocycles. The third kappa shape index (κ3) is 7.22. The lowest BCUT2D eigenvalue weighted by Crippen LogP contribution is -2.42. The highest BCUT2D eigenvalue weighted by atomic mass is 16.7. The van der Waals surface area contributed by atoms with Crippen LogP contribution in [0.3, 0.4) is 0 Å². The van der Waals surface area contributed by atoms with Gasteiger partial charge in [0.1, 0.15) is 24.3 Å². The van der Waals surface area contributed by atoms with Crippen molar-refractivity contribution >= 4 is 29.0 Å². The van der Waals surface area contributed by atoms with Crippen molar-refractivity contribution in [2.75, 3.05) is 18.9 Å². The van der Waals surface area contributed by atoms with Crippen LogP contribution in [-0.4, -0.2) is 73.3 Å². The molecule has 13 heteroatoms. The molecule has 0 radical (unpaired) electrons. The Kier molecular flexibility index (Phi) is 9.71. The number of nitrogens with two attached hydrogens (primary N) is 1. The predicted molar refractivity (Wildman–Crippen MR) is 154 cm³/mol. The van der Waals surface area contributed by atoms with Crippen LogP contribution in [0.1, 0.15) is 56.6 Å². The van der Waals surface area contributed by atoms with E-state index in [1.807, 2.05) is 30.3 Å². The maximum absolute atomic E-state index is 12.3. The van der Waals surface area contributed by atoms with Crippen LogP contribution in [0.15, 0.2) is 36.7 Å². The van der Waals surface area contributed by atoms with Crippen LogP contribution in [-0.2, 0) is 25.6 Å². The summed E-state index contributed by atoms with van der Waals surface area (Å²) in [4.78, 5) is 37.2. The second-order valence-corrected chi connectivity index (χ2v) is 10.8. The molecule has 2 aliphatic rings. The fourth-order valence-electron chi connectivity index (χ4n) is 5.38. The van der Waals surface area contributed by atoms with Crippen LogP contribution >= 0.6 is 0 Å². The topological polar surface area (TPSA) is 184 Å². The summed E-state index contributed by atoms with van der Waals surface area (Å²) in [6, 6.07) is 9.46. The number of anilines is 1. The number of imidazole rings is 1. The Balaban J connectivity index is 1.13. The molecule has 2 fully saturated rings. The molecule has 1 aromatic carbocycles. The summed E-state index contributed by atoms with van der Waals surface area (Å²) >= 11 is 0. The van der Waals surface area contributed by atoms with Crippen LogP contribution in [0.25, 0.3) is 11.2 Å². The van der Waals surface area contributed by atoms with E-state index in [2.05, 4.69) is 32.1 Å². The minimum Gasteiger partial charge on any atom is -0.434 e. The first-order valence-corrected chi connectivity index (χ1v) is 14.5. The molecule has 3 heterocycles. The lowest BCUT2D eigenvalue weighted by atomic mass is 9.81. The van der Waals surface area contributed by atoms with Gasteiger partial charge < -0.3 is 35.5 Å². The molecule has 5 N–H and O–H groups in total. The molecule has 4 atom stereocenters. The van der Waals surface area contributed by atoms with Gasteiger partial charge in [-0.05, 0) is 55.9 Å².